The summed E-state index contributed by atoms with van der Waals surface area (Å²) >= 11 is 0. The molecule has 166 valence electrons. The van der Waals surface area contributed by atoms with Crippen LogP contribution in [-0.2, 0) is 11.0 Å². The molecule has 4 rings (SSSR count). The lowest BCUT2D eigenvalue weighted by Gasteiger charge is -2.18. The highest BCUT2D eigenvalue weighted by Crippen LogP contribution is 2.30. The van der Waals surface area contributed by atoms with Crippen molar-refractivity contribution < 1.29 is 22.7 Å². The summed E-state index contributed by atoms with van der Waals surface area (Å²) in [5, 5.41) is 2.91. The van der Waals surface area contributed by atoms with Gasteiger partial charge in [0.1, 0.15) is 11.6 Å². The molecule has 1 aliphatic heterocycles. The topological polar surface area (TPSA) is 54.5 Å². The molecule has 1 fully saturated rings. The van der Waals surface area contributed by atoms with Crippen LogP contribution >= 0.6 is 0 Å². The second-order valence-corrected chi connectivity index (χ2v) is 7.58. The zero-order valence-electron chi connectivity index (χ0n) is 17.2. The minimum absolute atomic E-state index is 0.111. The average molecular weight is 441 g/mol. The summed E-state index contributed by atoms with van der Waals surface area (Å²) in [6.45, 7) is 0.973. The van der Waals surface area contributed by atoms with Crippen molar-refractivity contribution in [3.8, 4) is 16.9 Å². The first-order chi connectivity index (χ1) is 15.4. The van der Waals surface area contributed by atoms with E-state index in [0.29, 0.717) is 31.1 Å². The van der Waals surface area contributed by atoms with Crippen LogP contribution in [0.2, 0.25) is 0 Å². The Bertz CT molecular complexity index is 1040. The molecule has 1 aliphatic rings. The number of carbonyl (C=O) groups excluding carboxylic acids is 1. The van der Waals surface area contributed by atoms with Crippen LogP contribution < -0.4 is 15.0 Å². The van der Waals surface area contributed by atoms with Crippen molar-refractivity contribution in [3.63, 3.8) is 0 Å². The van der Waals surface area contributed by atoms with Gasteiger partial charge >= 0.3 is 6.18 Å². The Hall–Kier alpha value is -3.55. The molecule has 1 unspecified atom stereocenters. The molecule has 0 bridgehead atoms. The van der Waals surface area contributed by atoms with E-state index in [9.17, 15) is 18.0 Å². The Balaban J connectivity index is 1.24. The van der Waals surface area contributed by atoms with E-state index in [0.717, 1.165) is 23.4 Å². The molecule has 1 N–H and O–H groups in total. The third kappa shape index (κ3) is 5.38. The first-order valence-corrected chi connectivity index (χ1v) is 10.2. The van der Waals surface area contributed by atoms with Crippen molar-refractivity contribution in [2.24, 2.45) is 0 Å². The summed E-state index contributed by atoms with van der Waals surface area (Å²) in [5.74, 6) is 0.815. The maximum atomic E-state index is 12.7. The van der Waals surface area contributed by atoms with Gasteiger partial charge in [0.05, 0.1) is 5.56 Å². The molecular formula is C24H22F3N3O2. The second kappa shape index (κ2) is 9.30. The number of nitrogens with one attached hydrogen (secondary N) is 1. The van der Waals surface area contributed by atoms with Crippen LogP contribution in [0, 0.1) is 0 Å². The molecule has 0 saturated carbocycles. The van der Waals surface area contributed by atoms with Crippen molar-refractivity contribution in [2.45, 2.75) is 18.6 Å². The first-order valence-electron chi connectivity index (χ1n) is 10.2. The van der Waals surface area contributed by atoms with Gasteiger partial charge in [-0.25, -0.2) is 4.98 Å². The van der Waals surface area contributed by atoms with E-state index in [1.807, 2.05) is 59.5 Å². The summed E-state index contributed by atoms with van der Waals surface area (Å²) in [4.78, 5) is 18.0. The number of anilines is 1. The number of nitrogens with zero attached hydrogens (tertiary/aromatic N) is 2. The molecule has 1 amide bonds. The van der Waals surface area contributed by atoms with Crippen molar-refractivity contribution in [2.75, 3.05) is 24.6 Å². The summed E-state index contributed by atoms with van der Waals surface area (Å²) < 4.78 is 43.6. The number of pyridine rings is 1. The largest absolute Gasteiger partial charge is 0.484 e. The van der Waals surface area contributed by atoms with Crippen LogP contribution in [0.3, 0.4) is 0 Å². The van der Waals surface area contributed by atoms with Gasteiger partial charge in [-0.2, -0.15) is 13.2 Å². The Morgan fingerprint density at radius 3 is 2.41 bits per heavy atom. The zero-order chi connectivity index (χ0) is 22.6. The first kappa shape index (κ1) is 21.7. The van der Waals surface area contributed by atoms with E-state index in [1.54, 1.807) is 0 Å². The van der Waals surface area contributed by atoms with Gasteiger partial charge in [-0.1, -0.05) is 42.5 Å². The number of benzene rings is 2. The third-order valence-electron chi connectivity index (χ3n) is 5.28. The van der Waals surface area contributed by atoms with E-state index < -0.39 is 11.7 Å². The van der Waals surface area contributed by atoms with Gasteiger partial charge in [-0.05, 0) is 41.8 Å². The Morgan fingerprint density at radius 1 is 1.03 bits per heavy atom. The van der Waals surface area contributed by atoms with E-state index in [4.69, 9.17) is 4.74 Å². The smallest absolute Gasteiger partial charge is 0.417 e. The molecule has 2 heterocycles. The highest BCUT2D eigenvalue weighted by molar-refractivity contribution is 5.78. The molecule has 32 heavy (non-hydrogen) atoms. The van der Waals surface area contributed by atoms with E-state index in [-0.39, 0.29) is 18.6 Å². The lowest BCUT2D eigenvalue weighted by molar-refractivity contribution is -0.137. The van der Waals surface area contributed by atoms with Crippen molar-refractivity contribution >= 4 is 11.7 Å². The number of amides is 1. The SMILES string of the molecule is O=C(COc1ccc(-c2ccccc2)cc1)NC1CCN(c2ccc(C(F)(F)F)cn2)C1. The maximum Gasteiger partial charge on any atom is 0.417 e. The normalized spacial score (nSPS) is 16.1. The van der Waals surface area contributed by atoms with Gasteiger partial charge in [0, 0.05) is 25.3 Å². The Labute approximate surface area is 183 Å². The molecule has 1 saturated heterocycles. The van der Waals surface area contributed by atoms with Crippen LogP contribution in [-0.4, -0.2) is 36.6 Å². The van der Waals surface area contributed by atoms with Gasteiger partial charge < -0.3 is 15.0 Å². The van der Waals surface area contributed by atoms with Crippen LogP contribution in [0.4, 0.5) is 19.0 Å². The number of hydrogen-bond donors (Lipinski definition) is 1. The van der Waals surface area contributed by atoms with Crippen molar-refractivity contribution in [1.82, 2.24) is 10.3 Å². The fourth-order valence-corrected chi connectivity index (χ4v) is 3.62. The van der Waals surface area contributed by atoms with Crippen LogP contribution in [0.15, 0.2) is 72.9 Å². The monoisotopic (exact) mass is 441 g/mol. The standard InChI is InChI=1S/C24H22F3N3O2/c25-24(26,27)19-8-11-22(28-14-19)30-13-12-20(15-30)29-23(31)16-32-21-9-6-18(7-10-21)17-4-2-1-3-5-17/h1-11,14,20H,12-13,15-16H2,(H,29,31). The molecule has 0 spiro atoms. The molecule has 2 aromatic carbocycles. The van der Waals surface area contributed by atoms with Gasteiger partial charge in [0.15, 0.2) is 6.61 Å². The summed E-state index contributed by atoms with van der Waals surface area (Å²) in [5.41, 5.74) is 1.38. The molecule has 3 aromatic rings. The number of hydrogen-bond acceptors (Lipinski definition) is 4. The van der Waals surface area contributed by atoms with Crippen LogP contribution in [0.1, 0.15) is 12.0 Å². The number of halogens is 3. The highest BCUT2D eigenvalue weighted by Gasteiger charge is 2.31. The van der Waals surface area contributed by atoms with E-state index >= 15 is 0 Å². The van der Waals surface area contributed by atoms with Gasteiger partial charge in [0.2, 0.25) is 0 Å². The predicted molar refractivity (Wildman–Crippen MR) is 115 cm³/mol. The number of aromatic nitrogens is 1. The van der Waals surface area contributed by atoms with E-state index in [2.05, 4.69) is 10.3 Å². The molecule has 0 radical (unpaired) electrons. The minimum atomic E-state index is -4.41. The molecule has 1 atom stereocenters. The fraction of sp³-hybridized carbons (Fsp3) is 0.250. The highest BCUT2D eigenvalue weighted by atomic mass is 19.4. The van der Waals surface area contributed by atoms with Crippen molar-refractivity contribution in [1.29, 1.82) is 0 Å². The average Bonchev–Trinajstić information content (AvgIpc) is 3.26. The maximum absolute atomic E-state index is 12.7. The van der Waals surface area contributed by atoms with Gasteiger partial charge in [-0.3, -0.25) is 4.79 Å². The van der Waals surface area contributed by atoms with Gasteiger partial charge in [0.25, 0.3) is 5.91 Å². The van der Waals surface area contributed by atoms with E-state index in [1.165, 1.54) is 6.07 Å². The lowest BCUT2D eigenvalue weighted by Crippen LogP contribution is -2.39. The quantitative estimate of drug-likeness (QED) is 0.610. The zero-order valence-corrected chi connectivity index (χ0v) is 17.2. The summed E-state index contributed by atoms with van der Waals surface area (Å²) in [6, 6.07) is 19.7. The molecule has 5 nitrogen and oxygen atoms in total. The van der Waals surface area contributed by atoms with Crippen LogP contribution in [0.5, 0.6) is 5.75 Å². The van der Waals surface area contributed by atoms with Gasteiger partial charge in [-0.15, -0.1) is 0 Å². The number of rotatable bonds is 6. The number of carbonyl (C=O) groups is 1. The Kier molecular flexibility index (Phi) is 6.30. The summed E-state index contributed by atoms with van der Waals surface area (Å²) in [6.07, 6.45) is -2.90. The lowest BCUT2D eigenvalue weighted by atomic mass is 10.1. The number of alkyl halides is 3. The summed E-state index contributed by atoms with van der Waals surface area (Å²) in [7, 11) is 0. The fourth-order valence-electron chi connectivity index (χ4n) is 3.62. The second-order valence-electron chi connectivity index (χ2n) is 7.58. The minimum Gasteiger partial charge on any atom is -0.484 e. The molecule has 8 heteroatoms. The predicted octanol–water partition coefficient (Wildman–Crippen LogP) is 4.54. The van der Waals surface area contributed by atoms with Crippen molar-refractivity contribution in [3.05, 3.63) is 78.5 Å². The molecule has 1 aromatic heterocycles. The number of ether oxygens (including phenoxy) is 1. The molecule has 0 aliphatic carbocycles. The Morgan fingerprint density at radius 2 is 1.75 bits per heavy atom. The van der Waals surface area contributed by atoms with Crippen LogP contribution in [0.25, 0.3) is 11.1 Å². The molecular weight excluding hydrogens is 419 g/mol. The third-order valence-corrected chi connectivity index (χ3v) is 5.28.